The molecule has 3 aromatic rings. The number of ether oxygens (including phenoxy) is 1. The second kappa shape index (κ2) is 10.1. The van der Waals surface area contributed by atoms with Crippen LogP contribution >= 0.6 is 0 Å². The fourth-order valence-corrected chi connectivity index (χ4v) is 3.63. The molecule has 29 heavy (non-hydrogen) atoms. The van der Waals surface area contributed by atoms with Crippen molar-refractivity contribution in [1.82, 2.24) is 14.9 Å². The van der Waals surface area contributed by atoms with Gasteiger partial charge in [-0.05, 0) is 49.6 Å². The molecule has 154 valence electrons. The van der Waals surface area contributed by atoms with Crippen molar-refractivity contribution in [2.45, 2.75) is 46.6 Å². The average molecular weight is 394 g/mol. The Hall–Kier alpha value is -2.82. The molecule has 1 N–H and O–H groups in total. The first-order valence-electron chi connectivity index (χ1n) is 10.5. The van der Waals surface area contributed by atoms with E-state index >= 15 is 0 Å². The molecular weight excluding hydrogens is 362 g/mol. The number of carbonyl (C=O) groups excluding carboxylic acids is 1. The number of imidazole rings is 1. The maximum absolute atomic E-state index is 12.3. The van der Waals surface area contributed by atoms with Gasteiger partial charge >= 0.3 is 0 Å². The fraction of sp³-hybridized carbons (Fsp3) is 0.417. The van der Waals surface area contributed by atoms with Crippen molar-refractivity contribution in [2.75, 3.05) is 13.2 Å². The summed E-state index contributed by atoms with van der Waals surface area (Å²) in [4.78, 5) is 17.0. The van der Waals surface area contributed by atoms with E-state index in [0.29, 0.717) is 26.1 Å². The van der Waals surface area contributed by atoms with Crippen molar-refractivity contribution in [2.24, 2.45) is 5.92 Å². The Bertz CT molecular complexity index is 944. The molecular formula is C24H31N3O2. The molecule has 0 aliphatic heterocycles. The number of hydrogen-bond acceptors (Lipinski definition) is 3. The van der Waals surface area contributed by atoms with Crippen molar-refractivity contribution in [3.05, 3.63) is 59.9 Å². The summed E-state index contributed by atoms with van der Waals surface area (Å²) in [6.45, 7) is 8.05. The summed E-state index contributed by atoms with van der Waals surface area (Å²) in [6.07, 6.45) is 2.44. The average Bonchev–Trinajstić information content (AvgIpc) is 3.07. The van der Waals surface area contributed by atoms with Crippen LogP contribution in [0.15, 0.2) is 48.5 Å². The Labute approximate surface area is 173 Å². The van der Waals surface area contributed by atoms with Crippen molar-refractivity contribution in [1.29, 1.82) is 0 Å². The number of rotatable bonds is 10. The van der Waals surface area contributed by atoms with Crippen LogP contribution in [0.25, 0.3) is 11.0 Å². The van der Waals surface area contributed by atoms with Gasteiger partial charge < -0.3 is 14.6 Å². The molecule has 0 aliphatic carbocycles. The normalized spacial score (nSPS) is 11.2. The molecule has 3 rings (SSSR count). The first-order valence-corrected chi connectivity index (χ1v) is 10.5. The minimum atomic E-state index is 0.0940. The van der Waals surface area contributed by atoms with Gasteiger partial charge in [-0.15, -0.1) is 0 Å². The van der Waals surface area contributed by atoms with E-state index < -0.39 is 0 Å². The molecule has 1 aromatic heterocycles. The Morgan fingerprint density at radius 2 is 1.93 bits per heavy atom. The van der Waals surface area contributed by atoms with Gasteiger partial charge in [-0.25, -0.2) is 4.98 Å². The van der Waals surface area contributed by atoms with Gasteiger partial charge in [0.15, 0.2) is 0 Å². The third-order valence-electron chi connectivity index (χ3n) is 5.31. The summed E-state index contributed by atoms with van der Waals surface area (Å²) in [7, 11) is 0. The van der Waals surface area contributed by atoms with Crippen molar-refractivity contribution in [3.8, 4) is 5.75 Å². The minimum Gasteiger partial charge on any atom is -0.492 e. The van der Waals surface area contributed by atoms with Crippen LogP contribution in [0, 0.1) is 12.8 Å². The molecule has 0 radical (unpaired) electrons. The second-order valence-electron chi connectivity index (χ2n) is 7.39. The highest BCUT2D eigenvalue weighted by atomic mass is 16.5. The van der Waals surface area contributed by atoms with Crippen LogP contribution in [0.1, 0.15) is 38.1 Å². The lowest BCUT2D eigenvalue weighted by Gasteiger charge is -2.14. The zero-order valence-electron chi connectivity index (χ0n) is 17.6. The van der Waals surface area contributed by atoms with Crippen LogP contribution in [0.5, 0.6) is 5.75 Å². The van der Waals surface area contributed by atoms with E-state index in [1.54, 1.807) is 0 Å². The summed E-state index contributed by atoms with van der Waals surface area (Å²) < 4.78 is 8.15. The Morgan fingerprint density at radius 1 is 1.14 bits per heavy atom. The molecule has 1 heterocycles. The molecule has 0 fully saturated rings. The van der Waals surface area contributed by atoms with Crippen LogP contribution in [0.3, 0.4) is 0 Å². The van der Waals surface area contributed by atoms with E-state index in [2.05, 4.69) is 42.8 Å². The van der Waals surface area contributed by atoms with E-state index in [9.17, 15) is 4.79 Å². The Kier molecular flexibility index (Phi) is 7.28. The molecule has 1 amide bonds. The summed E-state index contributed by atoms with van der Waals surface area (Å²) in [6, 6.07) is 16.2. The van der Waals surface area contributed by atoms with Crippen LogP contribution in [0.4, 0.5) is 0 Å². The van der Waals surface area contributed by atoms with Crippen LogP contribution < -0.4 is 10.1 Å². The van der Waals surface area contributed by atoms with Crippen LogP contribution in [-0.4, -0.2) is 28.6 Å². The molecule has 0 saturated heterocycles. The molecule has 5 heteroatoms. The number of amides is 1. The maximum atomic E-state index is 12.3. The number of para-hydroxylation sites is 2. The highest BCUT2D eigenvalue weighted by molar-refractivity contribution is 5.78. The lowest BCUT2D eigenvalue weighted by atomic mass is 10.0. The molecule has 0 atom stereocenters. The Balaban J connectivity index is 1.66. The van der Waals surface area contributed by atoms with E-state index in [-0.39, 0.29) is 11.8 Å². The summed E-state index contributed by atoms with van der Waals surface area (Å²) in [5.41, 5.74) is 3.26. The summed E-state index contributed by atoms with van der Waals surface area (Å²) >= 11 is 0. The zero-order valence-corrected chi connectivity index (χ0v) is 17.6. The first kappa shape index (κ1) is 20.9. The largest absolute Gasteiger partial charge is 0.492 e. The predicted octanol–water partition coefficient (Wildman–Crippen LogP) is 4.52. The number of carbonyl (C=O) groups is 1. The highest BCUT2D eigenvalue weighted by Crippen LogP contribution is 2.18. The SMILES string of the molecule is CCC(CC)C(=O)NCCc1nc2ccccc2n1CCOc1cccc(C)c1. The lowest BCUT2D eigenvalue weighted by Crippen LogP contribution is -2.32. The van der Waals surface area contributed by atoms with E-state index in [4.69, 9.17) is 9.72 Å². The quantitative estimate of drug-likeness (QED) is 0.551. The number of fused-ring (bicyclic) bond motifs is 1. The molecule has 5 nitrogen and oxygen atoms in total. The number of aryl methyl sites for hydroxylation is 1. The summed E-state index contributed by atoms with van der Waals surface area (Å²) in [5.74, 6) is 2.09. The number of benzene rings is 2. The Morgan fingerprint density at radius 3 is 2.69 bits per heavy atom. The van der Waals surface area contributed by atoms with Gasteiger partial charge in [0.25, 0.3) is 0 Å². The predicted molar refractivity (Wildman–Crippen MR) is 117 cm³/mol. The van der Waals surface area contributed by atoms with Gasteiger partial charge in [-0.3, -0.25) is 4.79 Å². The van der Waals surface area contributed by atoms with Crippen molar-refractivity contribution < 1.29 is 9.53 Å². The smallest absolute Gasteiger partial charge is 0.223 e. The fourth-order valence-electron chi connectivity index (χ4n) is 3.63. The summed E-state index contributed by atoms with van der Waals surface area (Å²) in [5, 5.41) is 3.07. The van der Waals surface area contributed by atoms with E-state index in [1.165, 1.54) is 5.56 Å². The number of nitrogens with one attached hydrogen (secondary N) is 1. The minimum absolute atomic E-state index is 0.0940. The number of hydrogen-bond donors (Lipinski definition) is 1. The van der Waals surface area contributed by atoms with E-state index in [0.717, 1.165) is 35.4 Å². The van der Waals surface area contributed by atoms with Crippen LogP contribution in [-0.2, 0) is 17.8 Å². The van der Waals surface area contributed by atoms with Crippen molar-refractivity contribution >= 4 is 16.9 Å². The molecule has 2 aromatic carbocycles. The van der Waals surface area contributed by atoms with Gasteiger partial charge in [0.2, 0.25) is 5.91 Å². The monoisotopic (exact) mass is 393 g/mol. The molecule has 0 bridgehead atoms. The molecule has 0 spiro atoms. The van der Waals surface area contributed by atoms with Crippen LogP contribution in [0.2, 0.25) is 0 Å². The van der Waals surface area contributed by atoms with E-state index in [1.807, 2.05) is 36.4 Å². The molecule has 0 unspecified atom stereocenters. The maximum Gasteiger partial charge on any atom is 0.223 e. The topological polar surface area (TPSA) is 56.2 Å². The highest BCUT2D eigenvalue weighted by Gasteiger charge is 2.15. The molecule has 0 aliphatic rings. The van der Waals surface area contributed by atoms with Gasteiger partial charge in [0.05, 0.1) is 17.6 Å². The van der Waals surface area contributed by atoms with Gasteiger partial charge in [-0.1, -0.05) is 38.1 Å². The first-order chi connectivity index (χ1) is 14.1. The lowest BCUT2D eigenvalue weighted by molar-refractivity contribution is -0.125. The van der Waals surface area contributed by atoms with Gasteiger partial charge in [0.1, 0.15) is 18.2 Å². The second-order valence-corrected chi connectivity index (χ2v) is 7.39. The van der Waals surface area contributed by atoms with Gasteiger partial charge in [0, 0.05) is 18.9 Å². The van der Waals surface area contributed by atoms with Crippen molar-refractivity contribution in [3.63, 3.8) is 0 Å². The zero-order chi connectivity index (χ0) is 20.6. The molecule has 0 saturated carbocycles. The third kappa shape index (κ3) is 5.37. The number of nitrogens with zero attached hydrogens (tertiary/aromatic N) is 2. The number of aromatic nitrogens is 2. The standard InChI is InChI=1S/C24H31N3O2/c1-4-19(5-2)24(28)25-14-13-23-26-21-11-6-7-12-22(21)27(23)15-16-29-20-10-8-9-18(3)17-20/h6-12,17,19H,4-5,13-16H2,1-3H3,(H,25,28). The van der Waals surface area contributed by atoms with Gasteiger partial charge in [-0.2, -0.15) is 0 Å². The third-order valence-corrected chi connectivity index (χ3v) is 5.31.